The van der Waals surface area contributed by atoms with Crippen molar-refractivity contribution in [2.45, 2.75) is 41.5 Å². The van der Waals surface area contributed by atoms with Crippen molar-refractivity contribution in [3.8, 4) is 0 Å². The van der Waals surface area contributed by atoms with Crippen molar-refractivity contribution in [3.63, 3.8) is 0 Å². The molecule has 2 unspecified atom stereocenters. The minimum atomic E-state index is 0. The molecule has 0 aliphatic heterocycles. The maximum Gasteiger partial charge on any atom is -1.00 e. The van der Waals surface area contributed by atoms with Crippen molar-refractivity contribution < 1.29 is 49.0 Å². The summed E-state index contributed by atoms with van der Waals surface area (Å²) >= 11 is 1.55. The SMILES string of the molecule is CC1=[C-]C(C)C=C1.CC1=[C-]C(C)C=C1.C[C](C)=[Zr+2].[Cl-].[Cl-]. The van der Waals surface area contributed by atoms with Gasteiger partial charge in [-0.2, -0.15) is 12.2 Å². The van der Waals surface area contributed by atoms with E-state index < -0.39 is 0 Å². The van der Waals surface area contributed by atoms with Crippen molar-refractivity contribution in [3.05, 3.63) is 47.6 Å². The molecule has 2 aliphatic rings. The van der Waals surface area contributed by atoms with E-state index in [0.717, 1.165) is 0 Å². The second kappa shape index (κ2) is 14.2. The molecule has 0 saturated heterocycles. The third-order valence-corrected chi connectivity index (χ3v) is 2.18. The van der Waals surface area contributed by atoms with E-state index in [9.17, 15) is 0 Å². The smallest absolute Gasteiger partial charge is 1.00 e. The van der Waals surface area contributed by atoms with Crippen LogP contribution in [-0.4, -0.2) is 3.21 Å². The number of halogens is 2. The largest absolute Gasteiger partial charge is 1.00 e. The molecule has 0 heterocycles. The summed E-state index contributed by atoms with van der Waals surface area (Å²) in [6.45, 7) is 12.6. The minimum Gasteiger partial charge on any atom is -1.00 e. The van der Waals surface area contributed by atoms with Crippen molar-refractivity contribution in [2.24, 2.45) is 11.8 Å². The molecule has 112 valence electrons. The summed E-state index contributed by atoms with van der Waals surface area (Å²) in [5.74, 6) is 1.11. The van der Waals surface area contributed by atoms with Crippen molar-refractivity contribution >= 4 is 3.21 Å². The fourth-order valence-electron chi connectivity index (χ4n) is 1.49. The number of allylic oxidation sites excluding steroid dienone is 8. The minimum absolute atomic E-state index is 0. The van der Waals surface area contributed by atoms with Crippen LogP contribution in [0.3, 0.4) is 0 Å². The van der Waals surface area contributed by atoms with Crippen LogP contribution >= 0.6 is 0 Å². The average molecular weight is 391 g/mol. The molecule has 0 aromatic carbocycles. The monoisotopic (exact) mass is 388 g/mol. The van der Waals surface area contributed by atoms with Gasteiger partial charge in [0.05, 0.1) is 0 Å². The topological polar surface area (TPSA) is 0 Å². The molecule has 0 aromatic rings. The van der Waals surface area contributed by atoms with Gasteiger partial charge in [-0.05, 0) is 0 Å². The van der Waals surface area contributed by atoms with Crippen molar-refractivity contribution in [1.82, 2.24) is 0 Å². The Bertz CT molecular complexity index is 354. The summed E-state index contributed by atoms with van der Waals surface area (Å²) in [6, 6.07) is 0. The second-order valence-corrected chi connectivity index (χ2v) is 7.41. The van der Waals surface area contributed by atoms with E-state index in [1.54, 1.807) is 24.2 Å². The van der Waals surface area contributed by atoms with Crippen LogP contribution in [0, 0.1) is 24.0 Å². The van der Waals surface area contributed by atoms with Crippen molar-refractivity contribution in [2.75, 3.05) is 0 Å². The van der Waals surface area contributed by atoms with Crippen LogP contribution in [0.4, 0.5) is 0 Å². The van der Waals surface area contributed by atoms with Gasteiger partial charge in [-0.15, -0.1) is 0 Å². The number of hydrogen-bond acceptors (Lipinski definition) is 0. The molecule has 0 saturated carbocycles. The predicted octanol–water partition coefficient (Wildman–Crippen LogP) is -1.36. The Hall–Kier alpha value is 0.293. The first kappa shape index (κ1) is 25.3. The molecule has 2 aliphatic carbocycles. The normalized spacial score (nSPS) is 21.2. The first-order valence-electron chi connectivity index (χ1n) is 6.39. The molecule has 0 bridgehead atoms. The van der Waals surface area contributed by atoms with Gasteiger partial charge < -0.3 is 24.8 Å². The van der Waals surface area contributed by atoms with Crippen LogP contribution in [0.5, 0.6) is 0 Å². The van der Waals surface area contributed by atoms with Gasteiger partial charge in [0.1, 0.15) is 0 Å². The Morgan fingerprint density at radius 1 is 0.900 bits per heavy atom. The van der Waals surface area contributed by atoms with Gasteiger partial charge in [0.15, 0.2) is 0 Å². The van der Waals surface area contributed by atoms with E-state index in [2.05, 4.69) is 78.0 Å². The van der Waals surface area contributed by atoms with Gasteiger partial charge in [0.25, 0.3) is 0 Å². The second-order valence-electron chi connectivity index (χ2n) is 4.95. The zero-order valence-corrected chi connectivity index (χ0v) is 17.2. The maximum atomic E-state index is 3.22. The van der Waals surface area contributed by atoms with Gasteiger partial charge in [-0.25, -0.2) is 23.3 Å². The van der Waals surface area contributed by atoms with Gasteiger partial charge in [-0.1, -0.05) is 39.5 Å². The Labute approximate surface area is 152 Å². The Balaban J connectivity index is -0.000000215. The van der Waals surface area contributed by atoms with Gasteiger partial charge in [-0.3, -0.25) is 12.2 Å². The molecule has 0 N–H and O–H groups in total. The summed E-state index contributed by atoms with van der Waals surface area (Å²) in [5, 5.41) is 0. The summed E-state index contributed by atoms with van der Waals surface area (Å²) in [5.41, 5.74) is 2.54. The third-order valence-electron chi connectivity index (χ3n) is 2.18. The third kappa shape index (κ3) is 16.3. The molecular formula is C17H24Cl2Zr-2. The van der Waals surface area contributed by atoms with Gasteiger partial charge in [0.2, 0.25) is 0 Å². The average Bonchev–Trinajstić information content (AvgIpc) is 2.76. The fraction of sp³-hybridized carbons (Fsp3) is 0.471. The molecule has 3 heteroatoms. The van der Waals surface area contributed by atoms with Crippen LogP contribution in [0.25, 0.3) is 0 Å². The van der Waals surface area contributed by atoms with Crippen LogP contribution in [0.1, 0.15) is 41.5 Å². The Morgan fingerprint density at radius 2 is 1.15 bits per heavy atom. The van der Waals surface area contributed by atoms with Crippen molar-refractivity contribution in [1.29, 1.82) is 0 Å². The first-order valence-corrected chi connectivity index (χ1v) is 7.62. The molecule has 2 rings (SSSR count). The first-order chi connectivity index (χ1) is 8.31. The zero-order valence-electron chi connectivity index (χ0n) is 13.2. The molecule has 0 fully saturated rings. The molecule has 0 nitrogen and oxygen atoms in total. The molecule has 0 radical (unpaired) electrons. The van der Waals surface area contributed by atoms with E-state index in [-0.39, 0.29) is 24.8 Å². The molecular weight excluding hydrogens is 366 g/mol. The van der Waals surface area contributed by atoms with E-state index in [0.29, 0.717) is 11.8 Å². The molecule has 2 atom stereocenters. The number of rotatable bonds is 0. The fourth-order valence-corrected chi connectivity index (χ4v) is 1.49. The van der Waals surface area contributed by atoms with Crippen LogP contribution < -0.4 is 24.8 Å². The summed E-state index contributed by atoms with van der Waals surface area (Å²) in [6.07, 6.45) is 14.9. The van der Waals surface area contributed by atoms with Crippen LogP contribution in [0.15, 0.2) is 35.5 Å². The van der Waals surface area contributed by atoms with E-state index >= 15 is 0 Å². The summed E-state index contributed by atoms with van der Waals surface area (Å²) < 4.78 is 1.51. The molecule has 20 heavy (non-hydrogen) atoms. The molecule has 0 amide bonds. The van der Waals surface area contributed by atoms with E-state index in [1.807, 2.05) is 0 Å². The Kier molecular flexibility index (Phi) is 18.0. The van der Waals surface area contributed by atoms with E-state index in [4.69, 9.17) is 0 Å². The van der Waals surface area contributed by atoms with Gasteiger partial charge in [0, 0.05) is 0 Å². The van der Waals surface area contributed by atoms with Gasteiger partial charge >= 0.3 is 41.3 Å². The van der Waals surface area contributed by atoms with Crippen LogP contribution in [0.2, 0.25) is 0 Å². The van der Waals surface area contributed by atoms with Crippen LogP contribution in [-0.2, 0) is 24.2 Å². The predicted molar refractivity (Wildman–Crippen MR) is 77.8 cm³/mol. The molecule has 0 spiro atoms. The summed E-state index contributed by atoms with van der Waals surface area (Å²) in [4.78, 5) is 0. The quantitative estimate of drug-likeness (QED) is 0.448. The zero-order chi connectivity index (χ0) is 14.1. The standard InChI is InChI=1S/2C7H9.C3H6.2ClH.Zr/c2*1-6-3-4-7(2)5-6;1-3-2;;;/h2*3-4,6H,1-2H3;1-2H3;2*1H;/q2*-1;;;;+2/p-2. The maximum absolute atomic E-state index is 3.22. The van der Waals surface area contributed by atoms with E-state index in [1.165, 1.54) is 14.4 Å². The Morgan fingerprint density at radius 3 is 1.20 bits per heavy atom. The number of hydrogen-bond donors (Lipinski definition) is 0. The molecule has 0 aromatic heterocycles. The summed E-state index contributed by atoms with van der Waals surface area (Å²) in [7, 11) is 0.